The van der Waals surface area contributed by atoms with Crippen LogP contribution >= 0.6 is 0 Å². The van der Waals surface area contributed by atoms with Gasteiger partial charge in [-0.1, -0.05) is 31.2 Å². The number of methoxy groups -OCH3 is 3. The molecule has 1 amide bonds. The molecule has 1 unspecified atom stereocenters. The summed E-state index contributed by atoms with van der Waals surface area (Å²) in [6.45, 7) is 3.90. The summed E-state index contributed by atoms with van der Waals surface area (Å²) >= 11 is 0. The van der Waals surface area contributed by atoms with E-state index in [-0.39, 0.29) is 11.3 Å². The van der Waals surface area contributed by atoms with E-state index in [0.29, 0.717) is 34.1 Å². The summed E-state index contributed by atoms with van der Waals surface area (Å²) in [4.78, 5) is 28.2. The van der Waals surface area contributed by atoms with Crippen molar-refractivity contribution >= 4 is 23.1 Å². The van der Waals surface area contributed by atoms with Crippen LogP contribution in [0.1, 0.15) is 35.2 Å². The van der Waals surface area contributed by atoms with E-state index in [2.05, 4.69) is 6.92 Å². The van der Waals surface area contributed by atoms with Crippen molar-refractivity contribution in [3.05, 3.63) is 88.5 Å². The number of carbonyl (C=O) groups excluding carboxylic acids is 2. The summed E-state index contributed by atoms with van der Waals surface area (Å²) < 4.78 is 16.1. The minimum atomic E-state index is -0.837. The fourth-order valence-corrected chi connectivity index (χ4v) is 4.51. The number of aliphatic hydroxyl groups is 1. The number of ether oxygens (including phenoxy) is 3. The molecule has 36 heavy (non-hydrogen) atoms. The third-order valence-corrected chi connectivity index (χ3v) is 6.46. The highest BCUT2D eigenvalue weighted by Crippen LogP contribution is 2.44. The topological polar surface area (TPSA) is 85.3 Å². The number of hydrogen-bond acceptors (Lipinski definition) is 6. The first kappa shape index (κ1) is 24.9. The average molecular weight is 488 g/mol. The Kier molecular flexibility index (Phi) is 7.01. The second-order valence-electron chi connectivity index (χ2n) is 8.49. The van der Waals surface area contributed by atoms with E-state index in [1.807, 2.05) is 31.2 Å². The molecule has 7 heteroatoms. The van der Waals surface area contributed by atoms with Crippen LogP contribution in [0, 0.1) is 6.92 Å². The largest absolute Gasteiger partial charge is 0.507 e. The molecule has 0 aromatic heterocycles. The highest BCUT2D eigenvalue weighted by atomic mass is 16.5. The van der Waals surface area contributed by atoms with Crippen LogP contribution in [0.2, 0.25) is 0 Å². The molecule has 0 bridgehead atoms. The quantitative estimate of drug-likeness (QED) is 0.280. The Labute approximate surface area is 210 Å². The lowest BCUT2D eigenvalue weighted by Gasteiger charge is -2.26. The molecule has 186 valence electrons. The molecule has 1 atom stereocenters. The van der Waals surface area contributed by atoms with Crippen LogP contribution in [-0.4, -0.2) is 38.1 Å². The van der Waals surface area contributed by atoms with E-state index in [1.165, 1.54) is 19.1 Å². The van der Waals surface area contributed by atoms with Crippen molar-refractivity contribution in [1.29, 1.82) is 0 Å². The van der Waals surface area contributed by atoms with E-state index in [4.69, 9.17) is 14.2 Å². The van der Waals surface area contributed by atoms with E-state index in [1.54, 1.807) is 43.5 Å². The van der Waals surface area contributed by atoms with Crippen LogP contribution in [0.3, 0.4) is 0 Å². The molecule has 1 heterocycles. The summed E-state index contributed by atoms with van der Waals surface area (Å²) in [7, 11) is 4.59. The van der Waals surface area contributed by atoms with Crippen LogP contribution in [0.15, 0.2) is 66.2 Å². The van der Waals surface area contributed by atoms with Crippen molar-refractivity contribution in [1.82, 2.24) is 0 Å². The Hall–Kier alpha value is -4.26. The predicted molar refractivity (Wildman–Crippen MR) is 138 cm³/mol. The standard InChI is InChI=1S/C29H29NO6/c1-6-18-7-9-19(10-8-18)26-25(27(31)20-11-13-22(34-3)17(2)15-20)28(32)29(33)30(26)21-12-14-23(35-4)24(16-21)36-5/h7-16,26,31H,6H2,1-5H3/b27-25+. The molecule has 1 aliphatic heterocycles. The van der Waals surface area contributed by atoms with Gasteiger partial charge in [0.2, 0.25) is 0 Å². The fourth-order valence-electron chi connectivity index (χ4n) is 4.51. The van der Waals surface area contributed by atoms with Gasteiger partial charge < -0.3 is 19.3 Å². The van der Waals surface area contributed by atoms with Gasteiger partial charge in [0.15, 0.2) is 11.5 Å². The maximum absolute atomic E-state index is 13.4. The Morgan fingerprint density at radius 3 is 2.08 bits per heavy atom. The molecular formula is C29H29NO6. The zero-order valence-electron chi connectivity index (χ0n) is 21.0. The molecule has 1 fully saturated rings. The van der Waals surface area contributed by atoms with E-state index in [9.17, 15) is 14.7 Å². The van der Waals surface area contributed by atoms with Gasteiger partial charge in [-0.3, -0.25) is 14.5 Å². The van der Waals surface area contributed by atoms with Crippen molar-refractivity contribution in [3.63, 3.8) is 0 Å². The molecular weight excluding hydrogens is 458 g/mol. The first-order valence-electron chi connectivity index (χ1n) is 11.6. The Bertz CT molecular complexity index is 1340. The lowest BCUT2D eigenvalue weighted by molar-refractivity contribution is -0.132. The summed E-state index contributed by atoms with van der Waals surface area (Å²) in [6, 6.07) is 17.0. The van der Waals surface area contributed by atoms with Crippen molar-refractivity contribution < 1.29 is 28.9 Å². The zero-order valence-corrected chi connectivity index (χ0v) is 21.0. The third kappa shape index (κ3) is 4.28. The van der Waals surface area contributed by atoms with Gasteiger partial charge in [-0.05, 0) is 60.4 Å². The number of hydrogen-bond donors (Lipinski definition) is 1. The Balaban J connectivity index is 1.93. The molecule has 0 aliphatic carbocycles. The number of ketones is 1. The monoisotopic (exact) mass is 487 g/mol. The number of aryl methyl sites for hydroxylation is 2. The van der Waals surface area contributed by atoms with Gasteiger partial charge in [0.05, 0.1) is 32.9 Å². The van der Waals surface area contributed by atoms with Gasteiger partial charge in [-0.15, -0.1) is 0 Å². The van der Waals surface area contributed by atoms with Crippen LogP contribution < -0.4 is 19.1 Å². The average Bonchev–Trinajstić information content (AvgIpc) is 3.17. The molecule has 7 nitrogen and oxygen atoms in total. The van der Waals surface area contributed by atoms with E-state index >= 15 is 0 Å². The summed E-state index contributed by atoms with van der Waals surface area (Å²) in [6.07, 6.45) is 0.848. The molecule has 1 N–H and O–H groups in total. The number of carbonyl (C=O) groups is 2. The van der Waals surface area contributed by atoms with Gasteiger partial charge in [0, 0.05) is 17.3 Å². The number of aliphatic hydroxyl groups excluding tert-OH is 1. The lowest BCUT2D eigenvalue weighted by Crippen LogP contribution is -2.29. The minimum Gasteiger partial charge on any atom is -0.507 e. The van der Waals surface area contributed by atoms with Crippen molar-refractivity contribution in [2.45, 2.75) is 26.3 Å². The zero-order chi connectivity index (χ0) is 26.0. The molecule has 3 aromatic rings. The smallest absolute Gasteiger partial charge is 0.300 e. The normalized spacial score (nSPS) is 16.8. The number of benzene rings is 3. The third-order valence-electron chi connectivity index (χ3n) is 6.46. The van der Waals surface area contributed by atoms with Gasteiger partial charge in [0.1, 0.15) is 11.5 Å². The van der Waals surface area contributed by atoms with Gasteiger partial charge in [-0.25, -0.2) is 0 Å². The van der Waals surface area contributed by atoms with Crippen LogP contribution in [-0.2, 0) is 16.0 Å². The van der Waals surface area contributed by atoms with E-state index < -0.39 is 17.7 Å². The SMILES string of the molecule is CCc1ccc(C2/C(=C(\O)c3ccc(OC)c(C)c3)C(=O)C(=O)N2c2ccc(OC)c(OC)c2)cc1. The molecule has 0 saturated carbocycles. The van der Waals surface area contributed by atoms with Gasteiger partial charge >= 0.3 is 0 Å². The van der Waals surface area contributed by atoms with Crippen molar-refractivity contribution in [3.8, 4) is 17.2 Å². The molecule has 1 aliphatic rings. The summed E-state index contributed by atoms with van der Waals surface area (Å²) in [5.74, 6) is -0.173. The second kappa shape index (κ2) is 10.2. The van der Waals surface area contributed by atoms with Crippen LogP contribution in [0.5, 0.6) is 17.2 Å². The number of nitrogens with zero attached hydrogens (tertiary/aromatic N) is 1. The highest BCUT2D eigenvalue weighted by Gasteiger charge is 2.47. The molecule has 0 spiro atoms. The van der Waals surface area contributed by atoms with Crippen LogP contribution in [0.25, 0.3) is 5.76 Å². The molecule has 0 radical (unpaired) electrons. The number of Topliss-reactive ketones (excluding diaryl/α,β-unsaturated/α-hetero) is 1. The first-order valence-corrected chi connectivity index (χ1v) is 11.6. The lowest BCUT2D eigenvalue weighted by atomic mass is 9.94. The molecule has 4 rings (SSSR count). The minimum absolute atomic E-state index is 0.0172. The number of anilines is 1. The molecule has 3 aromatic carbocycles. The van der Waals surface area contributed by atoms with E-state index in [0.717, 1.165) is 17.5 Å². The fraction of sp³-hybridized carbons (Fsp3) is 0.241. The van der Waals surface area contributed by atoms with Crippen LogP contribution in [0.4, 0.5) is 5.69 Å². The highest BCUT2D eigenvalue weighted by molar-refractivity contribution is 6.51. The maximum Gasteiger partial charge on any atom is 0.300 e. The molecule has 1 saturated heterocycles. The van der Waals surface area contributed by atoms with Gasteiger partial charge in [-0.2, -0.15) is 0 Å². The van der Waals surface area contributed by atoms with Gasteiger partial charge in [0.25, 0.3) is 11.7 Å². The maximum atomic E-state index is 13.4. The Morgan fingerprint density at radius 2 is 1.50 bits per heavy atom. The second-order valence-corrected chi connectivity index (χ2v) is 8.49. The first-order chi connectivity index (χ1) is 17.3. The Morgan fingerprint density at radius 1 is 0.861 bits per heavy atom. The number of amides is 1. The van der Waals surface area contributed by atoms with Crippen molar-refractivity contribution in [2.24, 2.45) is 0 Å². The van der Waals surface area contributed by atoms with Crippen molar-refractivity contribution in [2.75, 3.05) is 26.2 Å². The summed E-state index contributed by atoms with van der Waals surface area (Å²) in [5, 5.41) is 11.4. The number of rotatable bonds is 7. The predicted octanol–water partition coefficient (Wildman–Crippen LogP) is 5.21. The summed E-state index contributed by atoms with van der Waals surface area (Å²) in [5.41, 5.74) is 3.50.